The highest BCUT2D eigenvalue weighted by Gasteiger charge is 2.13. The Labute approximate surface area is 136 Å². The van der Waals surface area contributed by atoms with Crippen LogP contribution in [0.15, 0.2) is 34.1 Å². The first-order valence-electron chi connectivity index (χ1n) is 6.01. The molecule has 5 heteroatoms. The van der Waals surface area contributed by atoms with Gasteiger partial charge in [0.1, 0.15) is 0 Å². The van der Waals surface area contributed by atoms with E-state index < -0.39 is 0 Å². The van der Waals surface area contributed by atoms with E-state index >= 15 is 0 Å². The third-order valence-corrected chi connectivity index (χ3v) is 5.28. The van der Waals surface area contributed by atoms with Crippen LogP contribution < -0.4 is 5.32 Å². The molecule has 0 radical (unpaired) electrons. The van der Waals surface area contributed by atoms with Crippen molar-refractivity contribution in [2.45, 2.75) is 19.4 Å². The fourth-order valence-electron chi connectivity index (χ4n) is 1.95. The summed E-state index contributed by atoms with van der Waals surface area (Å²) in [5.41, 5.74) is 1.17. The van der Waals surface area contributed by atoms with Gasteiger partial charge in [-0.3, -0.25) is 0 Å². The van der Waals surface area contributed by atoms with Crippen molar-refractivity contribution in [1.29, 1.82) is 0 Å². The molecule has 1 aromatic carbocycles. The summed E-state index contributed by atoms with van der Waals surface area (Å²) in [6, 6.07) is 8.25. The first kappa shape index (κ1) is 15.3. The third kappa shape index (κ3) is 4.20. The average molecular weight is 379 g/mol. The normalized spacial score (nSPS) is 12.6. The fourth-order valence-corrected chi connectivity index (χ4v) is 3.75. The van der Waals surface area contributed by atoms with Crippen LogP contribution in [0, 0.1) is 0 Å². The maximum absolute atomic E-state index is 6.10. The van der Waals surface area contributed by atoms with Crippen molar-refractivity contribution < 1.29 is 0 Å². The lowest BCUT2D eigenvalue weighted by Crippen LogP contribution is -2.22. The van der Waals surface area contributed by atoms with E-state index in [1.807, 2.05) is 18.2 Å². The fraction of sp³-hybridized carbons (Fsp3) is 0.286. The minimum Gasteiger partial charge on any atom is -0.310 e. The van der Waals surface area contributed by atoms with Gasteiger partial charge in [0.05, 0.1) is 10.0 Å². The summed E-state index contributed by atoms with van der Waals surface area (Å²) in [4.78, 5) is 1.34. The van der Waals surface area contributed by atoms with Crippen molar-refractivity contribution in [2.75, 3.05) is 6.54 Å². The minimum absolute atomic E-state index is 0.255. The van der Waals surface area contributed by atoms with Gasteiger partial charge in [0, 0.05) is 27.2 Å². The van der Waals surface area contributed by atoms with E-state index in [2.05, 4.69) is 39.6 Å². The molecule has 0 aliphatic heterocycles. The van der Waals surface area contributed by atoms with Crippen molar-refractivity contribution in [3.63, 3.8) is 0 Å². The summed E-state index contributed by atoms with van der Waals surface area (Å²) in [7, 11) is 0. The topological polar surface area (TPSA) is 12.0 Å². The second-order valence-corrected chi connectivity index (χ2v) is 6.95. The Kier molecular flexibility index (Phi) is 5.72. The molecule has 1 nitrogen and oxygen atoms in total. The molecule has 0 aliphatic rings. The zero-order valence-corrected chi connectivity index (χ0v) is 14.3. The Morgan fingerprint density at radius 2 is 2.05 bits per heavy atom. The Bertz CT molecular complexity index is 556. The monoisotopic (exact) mass is 377 g/mol. The lowest BCUT2D eigenvalue weighted by molar-refractivity contribution is 0.553. The van der Waals surface area contributed by atoms with Gasteiger partial charge in [0.15, 0.2) is 0 Å². The number of nitrogens with one attached hydrogen (secondary N) is 1. The standard InChI is InChI=1S/C14H14BrCl2NS/c1-2-18-14(7-11-6-10(15)8-19-11)9-3-4-12(16)13(17)5-9/h3-6,8,14,18H,2,7H2,1H3. The van der Waals surface area contributed by atoms with Crippen LogP contribution >= 0.6 is 50.5 Å². The van der Waals surface area contributed by atoms with Crippen molar-refractivity contribution >= 4 is 50.5 Å². The number of hydrogen-bond acceptors (Lipinski definition) is 2. The number of benzene rings is 1. The molecule has 0 fully saturated rings. The smallest absolute Gasteiger partial charge is 0.0595 e. The summed E-state index contributed by atoms with van der Waals surface area (Å²) < 4.78 is 1.14. The van der Waals surface area contributed by atoms with Crippen LogP contribution in [-0.4, -0.2) is 6.54 Å². The lowest BCUT2D eigenvalue weighted by atomic mass is 10.0. The molecule has 0 amide bonds. The van der Waals surface area contributed by atoms with E-state index in [4.69, 9.17) is 23.2 Å². The van der Waals surface area contributed by atoms with Crippen LogP contribution in [0.25, 0.3) is 0 Å². The van der Waals surface area contributed by atoms with Gasteiger partial charge in [0.2, 0.25) is 0 Å². The van der Waals surface area contributed by atoms with Gasteiger partial charge in [-0.2, -0.15) is 0 Å². The molecule has 19 heavy (non-hydrogen) atoms. The Morgan fingerprint density at radius 1 is 1.26 bits per heavy atom. The second-order valence-electron chi connectivity index (χ2n) is 4.22. The SMILES string of the molecule is CCNC(Cc1cc(Br)cs1)c1ccc(Cl)c(Cl)c1. The van der Waals surface area contributed by atoms with Gasteiger partial charge >= 0.3 is 0 Å². The maximum Gasteiger partial charge on any atom is 0.0595 e. The maximum atomic E-state index is 6.10. The van der Waals surface area contributed by atoms with Crippen LogP contribution in [0.5, 0.6) is 0 Å². The zero-order valence-electron chi connectivity index (χ0n) is 10.4. The van der Waals surface area contributed by atoms with Crippen LogP contribution in [0.2, 0.25) is 10.0 Å². The van der Waals surface area contributed by atoms with Crippen LogP contribution in [-0.2, 0) is 6.42 Å². The number of rotatable bonds is 5. The van der Waals surface area contributed by atoms with Gasteiger partial charge < -0.3 is 5.32 Å². The molecule has 102 valence electrons. The van der Waals surface area contributed by atoms with Gasteiger partial charge in [-0.25, -0.2) is 0 Å². The average Bonchev–Trinajstić information content (AvgIpc) is 2.78. The predicted octanol–water partition coefficient (Wildman–Crippen LogP) is 5.71. The van der Waals surface area contributed by atoms with Gasteiger partial charge in [0.25, 0.3) is 0 Å². The number of halogens is 3. The minimum atomic E-state index is 0.255. The molecule has 1 heterocycles. The molecule has 2 aromatic rings. The van der Waals surface area contributed by atoms with E-state index in [1.165, 1.54) is 10.4 Å². The summed E-state index contributed by atoms with van der Waals surface area (Å²) in [6.07, 6.45) is 0.946. The highest BCUT2D eigenvalue weighted by molar-refractivity contribution is 9.10. The number of likely N-dealkylation sites (N-methyl/N-ethyl adjacent to an activating group) is 1. The Morgan fingerprint density at radius 3 is 2.63 bits per heavy atom. The quantitative estimate of drug-likeness (QED) is 0.702. The van der Waals surface area contributed by atoms with Crippen molar-refractivity contribution in [3.05, 3.63) is 54.6 Å². The molecule has 0 saturated heterocycles. The highest BCUT2D eigenvalue weighted by atomic mass is 79.9. The van der Waals surface area contributed by atoms with Crippen molar-refractivity contribution in [1.82, 2.24) is 5.32 Å². The van der Waals surface area contributed by atoms with Gasteiger partial charge in [-0.05, 0) is 46.2 Å². The molecular weight excluding hydrogens is 365 g/mol. The number of hydrogen-bond donors (Lipinski definition) is 1. The molecule has 0 saturated carbocycles. The van der Waals surface area contributed by atoms with Crippen molar-refractivity contribution in [2.24, 2.45) is 0 Å². The Hall–Kier alpha value is -0.0600. The molecule has 2 rings (SSSR count). The van der Waals surface area contributed by atoms with E-state index in [1.54, 1.807) is 11.3 Å². The molecule has 0 aliphatic carbocycles. The summed E-state index contributed by atoms with van der Waals surface area (Å²) in [5, 5.41) is 6.80. The molecular formula is C14H14BrCl2NS. The second kappa shape index (κ2) is 7.09. The predicted molar refractivity (Wildman–Crippen MR) is 88.6 cm³/mol. The molecule has 0 spiro atoms. The molecule has 1 N–H and O–H groups in total. The van der Waals surface area contributed by atoms with E-state index in [9.17, 15) is 0 Å². The molecule has 1 atom stereocenters. The van der Waals surface area contributed by atoms with E-state index in [-0.39, 0.29) is 6.04 Å². The largest absolute Gasteiger partial charge is 0.310 e. The molecule has 0 bridgehead atoms. The highest BCUT2D eigenvalue weighted by Crippen LogP contribution is 2.29. The van der Waals surface area contributed by atoms with E-state index in [0.29, 0.717) is 10.0 Å². The molecule has 1 aromatic heterocycles. The van der Waals surface area contributed by atoms with Gasteiger partial charge in [-0.1, -0.05) is 36.2 Å². The summed E-state index contributed by atoms with van der Waals surface area (Å²) in [5.74, 6) is 0. The zero-order chi connectivity index (χ0) is 13.8. The third-order valence-electron chi connectivity index (χ3n) is 2.82. The summed E-state index contributed by atoms with van der Waals surface area (Å²) in [6.45, 7) is 3.02. The van der Waals surface area contributed by atoms with Crippen LogP contribution in [0.1, 0.15) is 23.4 Å². The number of thiophene rings is 1. The Balaban J connectivity index is 2.21. The van der Waals surface area contributed by atoms with E-state index in [0.717, 1.165) is 17.4 Å². The summed E-state index contributed by atoms with van der Waals surface area (Å²) >= 11 is 17.3. The van der Waals surface area contributed by atoms with Crippen LogP contribution in [0.3, 0.4) is 0 Å². The van der Waals surface area contributed by atoms with Crippen molar-refractivity contribution in [3.8, 4) is 0 Å². The first-order chi connectivity index (χ1) is 9.10. The first-order valence-corrected chi connectivity index (χ1v) is 8.44. The lowest BCUT2D eigenvalue weighted by Gasteiger charge is -2.18. The van der Waals surface area contributed by atoms with Crippen LogP contribution in [0.4, 0.5) is 0 Å². The van der Waals surface area contributed by atoms with Gasteiger partial charge in [-0.15, -0.1) is 11.3 Å². The molecule has 1 unspecified atom stereocenters.